The molecular weight excluding hydrogens is 421 g/mol. The zero-order valence-corrected chi connectivity index (χ0v) is 16.7. The summed E-state index contributed by atoms with van der Waals surface area (Å²) in [6.45, 7) is 3.56. The van der Waals surface area contributed by atoms with Gasteiger partial charge in [-0.1, -0.05) is 25.4 Å². The largest absolute Gasteiger partial charge is 0.416 e. The lowest BCUT2D eigenvalue weighted by Gasteiger charge is -2.24. The van der Waals surface area contributed by atoms with E-state index in [2.05, 4.69) is 20.6 Å². The minimum Gasteiger partial charge on any atom is -0.372 e. The fourth-order valence-corrected chi connectivity index (χ4v) is 3.11. The zero-order valence-electron chi connectivity index (χ0n) is 16.0. The number of anilines is 2. The van der Waals surface area contributed by atoms with Gasteiger partial charge in [0.25, 0.3) is 5.56 Å². The average Bonchev–Trinajstić information content (AvgIpc) is 2.66. The van der Waals surface area contributed by atoms with Crippen molar-refractivity contribution in [2.75, 3.05) is 10.6 Å². The van der Waals surface area contributed by atoms with E-state index in [-0.39, 0.29) is 22.2 Å². The summed E-state index contributed by atoms with van der Waals surface area (Å²) in [5.41, 5.74) is -0.147. The van der Waals surface area contributed by atoms with Crippen molar-refractivity contribution in [2.45, 2.75) is 26.1 Å². The number of hydrogen-bond acceptors (Lipinski definition) is 4. The number of nitrogens with zero attached hydrogens (tertiary/aromatic N) is 1. The first-order valence-corrected chi connectivity index (χ1v) is 9.35. The van der Waals surface area contributed by atoms with E-state index >= 15 is 0 Å². The predicted molar refractivity (Wildman–Crippen MR) is 110 cm³/mol. The van der Waals surface area contributed by atoms with Gasteiger partial charge in [0, 0.05) is 5.69 Å². The number of aromatic amines is 1. The second kappa shape index (κ2) is 8.35. The minimum atomic E-state index is -4.51. The maximum Gasteiger partial charge on any atom is 0.416 e. The van der Waals surface area contributed by atoms with Gasteiger partial charge in [-0.25, -0.2) is 4.98 Å². The molecule has 0 unspecified atom stereocenters. The predicted octanol–water partition coefficient (Wildman–Crippen LogP) is 4.67. The number of hydrogen-bond donors (Lipinski definition) is 3. The van der Waals surface area contributed by atoms with Crippen LogP contribution in [0.3, 0.4) is 0 Å². The van der Waals surface area contributed by atoms with Crippen molar-refractivity contribution >= 4 is 39.8 Å². The van der Waals surface area contributed by atoms with E-state index in [1.54, 1.807) is 26.0 Å². The Hall–Kier alpha value is -3.07. The quantitative estimate of drug-likeness (QED) is 0.540. The highest BCUT2D eigenvalue weighted by atomic mass is 35.5. The Morgan fingerprint density at radius 3 is 2.53 bits per heavy atom. The second-order valence-electron chi connectivity index (χ2n) is 7.01. The molecule has 1 atom stereocenters. The van der Waals surface area contributed by atoms with Crippen molar-refractivity contribution < 1.29 is 18.0 Å². The molecule has 2 aromatic carbocycles. The summed E-state index contributed by atoms with van der Waals surface area (Å²) in [4.78, 5) is 31.2. The molecule has 0 aliphatic heterocycles. The second-order valence-corrected chi connectivity index (χ2v) is 7.42. The molecule has 30 heavy (non-hydrogen) atoms. The molecule has 3 rings (SSSR count). The first-order chi connectivity index (χ1) is 14.1. The van der Waals surface area contributed by atoms with Crippen LogP contribution < -0.4 is 16.2 Å². The van der Waals surface area contributed by atoms with Gasteiger partial charge in [0.05, 0.1) is 33.5 Å². The van der Waals surface area contributed by atoms with Gasteiger partial charge in [0.15, 0.2) is 0 Å². The van der Waals surface area contributed by atoms with E-state index in [4.69, 9.17) is 11.6 Å². The van der Waals surface area contributed by atoms with Crippen molar-refractivity contribution in [1.82, 2.24) is 9.97 Å². The number of carbonyl (C=O) groups excluding carboxylic acids is 1. The Bertz CT molecular complexity index is 1140. The summed E-state index contributed by atoms with van der Waals surface area (Å²) in [6.07, 6.45) is -3.23. The molecule has 0 spiro atoms. The molecule has 10 heteroatoms. The highest BCUT2D eigenvalue weighted by Gasteiger charge is 2.31. The van der Waals surface area contributed by atoms with Crippen LogP contribution in [0.4, 0.5) is 24.5 Å². The molecule has 158 valence electrons. The van der Waals surface area contributed by atoms with Crippen LogP contribution in [0.2, 0.25) is 5.02 Å². The van der Waals surface area contributed by atoms with Crippen LogP contribution in [0.25, 0.3) is 10.9 Å². The minimum absolute atomic E-state index is 0.147. The van der Waals surface area contributed by atoms with E-state index in [1.165, 1.54) is 18.5 Å². The van der Waals surface area contributed by atoms with Crippen molar-refractivity contribution in [3.63, 3.8) is 0 Å². The van der Waals surface area contributed by atoms with Crippen LogP contribution in [0.5, 0.6) is 0 Å². The van der Waals surface area contributed by atoms with Gasteiger partial charge in [-0.2, -0.15) is 13.2 Å². The zero-order chi connectivity index (χ0) is 22.1. The molecule has 1 aromatic heterocycles. The number of aromatic nitrogens is 2. The van der Waals surface area contributed by atoms with Crippen molar-refractivity contribution in [1.29, 1.82) is 0 Å². The Morgan fingerprint density at radius 2 is 1.90 bits per heavy atom. The summed E-state index contributed by atoms with van der Waals surface area (Å²) in [7, 11) is 0. The Labute approximate surface area is 174 Å². The molecule has 0 aliphatic carbocycles. The summed E-state index contributed by atoms with van der Waals surface area (Å²) < 4.78 is 38.5. The highest BCUT2D eigenvalue weighted by Crippen LogP contribution is 2.34. The van der Waals surface area contributed by atoms with Gasteiger partial charge in [-0.15, -0.1) is 0 Å². The van der Waals surface area contributed by atoms with Crippen LogP contribution in [0.1, 0.15) is 19.4 Å². The number of amides is 1. The van der Waals surface area contributed by atoms with Gasteiger partial charge in [0.2, 0.25) is 5.91 Å². The first kappa shape index (κ1) is 21.6. The van der Waals surface area contributed by atoms with Crippen LogP contribution in [-0.4, -0.2) is 21.9 Å². The molecule has 0 saturated heterocycles. The average molecular weight is 439 g/mol. The fourth-order valence-electron chi connectivity index (χ4n) is 2.88. The summed E-state index contributed by atoms with van der Waals surface area (Å²) >= 11 is 5.99. The number of rotatable bonds is 5. The highest BCUT2D eigenvalue weighted by molar-refractivity contribution is 6.33. The normalized spacial score (nSPS) is 12.8. The van der Waals surface area contributed by atoms with Gasteiger partial charge in [0.1, 0.15) is 6.04 Å². The molecular formula is C20H18ClF3N4O2. The van der Waals surface area contributed by atoms with E-state index < -0.39 is 23.7 Å². The lowest BCUT2D eigenvalue weighted by molar-refractivity contribution is -0.137. The third-order valence-electron chi connectivity index (χ3n) is 4.46. The lowest BCUT2D eigenvalue weighted by atomic mass is 10.0. The first-order valence-electron chi connectivity index (χ1n) is 8.98. The van der Waals surface area contributed by atoms with E-state index in [0.29, 0.717) is 16.6 Å². The maximum absolute atomic E-state index is 12.8. The number of fused-ring (bicyclic) bond motifs is 1. The molecule has 0 fully saturated rings. The molecule has 0 radical (unpaired) electrons. The third-order valence-corrected chi connectivity index (χ3v) is 4.78. The SMILES string of the molecule is CC(C)[C@H](Nc1ccc(C(F)(F)F)cc1Cl)C(=O)Nc1ccc2nc[nH]c(=O)c2c1. The lowest BCUT2D eigenvalue weighted by Crippen LogP contribution is -2.39. The van der Waals surface area contributed by atoms with Crippen LogP contribution in [0.15, 0.2) is 47.5 Å². The van der Waals surface area contributed by atoms with Gasteiger partial charge in [-0.05, 0) is 42.3 Å². The Morgan fingerprint density at radius 1 is 1.17 bits per heavy atom. The number of halogens is 4. The molecule has 6 nitrogen and oxygen atoms in total. The van der Waals surface area contributed by atoms with Gasteiger partial charge < -0.3 is 15.6 Å². The van der Waals surface area contributed by atoms with E-state index in [1.807, 2.05) is 0 Å². The summed E-state index contributed by atoms with van der Waals surface area (Å²) in [5, 5.41) is 5.78. The summed E-state index contributed by atoms with van der Waals surface area (Å²) in [6, 6.07) is 6.81. The summed E-state index contributed by atoms with van der Waals surface area (Å²) in [5.74, 6) is -0.644. The van der Waals surface area contributed by atoms with Crippen LogP contribution in [-0.2, 0) is 11.0 Å². The fraction of sp³-hybridized carbons (Fsp3) is 0.250. The smallest absolute Gasteiger partial charge is 0.372 e. The van der Waals surface area contributed by atoms with E-state index in [0.717, 1.165) is 12.1 Å². The molecule has 1 amide bonds. The number of carbonyl (C=O) groups is 1. The number of H-pyrrole nitrogens is 1. The Balaban J connectivity index is 1.82. The number of benzene rings is 2. The van der Waals surface area contributed by atoms with E-state index in [9.17, 15) is 22.8 Å². The molecule has 1 heterocycles. The van der Waals surface area contributed by atoms with Crippen molar-refractivity contribution in [3.8, 4) is 0 Å². The monoisotopic (exact) mass is 438 g/mol. The number of nitrogens with one attached hydrogen (secondary N) is 3. The number of alkyl halides is 3. The molecule has 0 bridgehead atoms. The van der Waals surface area contributed by atoms with Crippen LogP contribution >= 0.6 is 11.6 Å². The maximum atomic E-state index is 12.8. The molecule has 0 aliphatic rings. The Kier molecular flexibility index (Phi) is 6.02. The van der Waals surface area contributed by atoms with Crippen LogP contribution in [0, 0.1) is 5.92 Å². The molecule has 3 N–H and O–H groups in total. The third kappa shape index (κ3) is 4.73. The van der Waals surface area contributed by atoms with Crippen molar-refractivity contribution in [2.24, 2.45) is 5.92 Å². The van der Waals surface area contributed by atoms with Gasteiger partial charge >= 0.3 is 6.18 Å². The van der Waals surface area contributed by atoms with Gasteiger partial charge in [-0.3, -0.25) is 9.59 Å². The van der Waals surface area contributed by atoms with Crippen molar-refractivity contribution in [3.05, 3.63) is 63.7 Å². The topological polar surface area (TPSA) is 86.9 Å². The standard InChI is InChI=1S/C20H18ClF3N4O2/c1-10(2)17(28-16-5-3-11(7-14(16)21)20(22,23)24)19(30)27-12-4-6-15-13(8-12)18(29)26-9-25-15/h3-10,17,28H,1-2H3,(H,27,30)(H,25,26,29)/t17-/m0/s1. The molecule has 3 aromatic rings. The molecule has 0 saturated carbocycles.